The van der Waals surface area contributed by atoms with Crippen molar-refractivity contribution in [1.29, 1.82) is 0 Å². The molecule has 0 bridgehead atoms. The highest BCUT2D eigenvalue weighted by molar-refractivity contribution is 9.11. The van der Waals surface area contributed by atoms with Crippen LogP contribution in [0.5, 0.6) is 0 Å². The Morgan fingerprint density at radius 1 is 1.67 bits per heavy atom. The number of allylic oxidation sites excluding steroid dienone is 1. The lowest BCUT2D eigenvalue weighted by atomic mass is 10.2. The van der Waals surface area contributed by atoms with Crippen LogP contribution < -0.4 is 0 Å². The number of rotatable bonds is 3. The lowest BCUT2D eigenvalue weighted by Gasteiger charge is -1.95. The fourth-order valence-electron chi connectivity index (χ4n) is 0.870. The molecule has 0 atom stereocenters. The standard InChI is InChI=1S/C9H10Br2S/c1-2-7(5-10)3-8-4-9(11)12-6-8/h3-4,6H,2,5H2,1H3/b7-3-. The highest BCUT2D eigenvalue weighted by Crippen LogP contribution is 2.23. The average molecular weight is 310 g/mol. The molecule has 0 aliphatic carbocycles. The van der Waals surface area contributed by atoms with E-state index in [1.807, 2.05) is 0 Å². The molecule has 0 amide bonds. The molecule has 0 saturated carbocycles. The maximum atomic E-state index is 3.46. The van der Waals surface area contributed by atoms with Gasteiger partial charge in [0.1, 0.15) is 0 Å². The van der Waals surface area contributed by atoms with Crippen LogP contribution in [0.4, 0.5) is 0 Å². The second-order valence-electron chi connectivity index (χ2n) is 2.47. The second kappa shape index (κ2) is 5.20. The van der Waals surface area contributed by atoms with Crippen molar-refractivity contribution >= 4 is 49.3 Å². The maximum Gasteiger partial charge on any atom is 0.0704 e. The maximum absolute atomic E-state index is 3.46. The summed E-state index contributed by atoms with van der Waals surface area (Å²) in [6.45, 7) is 2.18. The van der Waals surface area contributed by atoms with Crippen LogP contribution in [0.15, 0.2) is 20.8 Å². The highest BCUT2D eigenvalue weighted by Gasteiger charge is 1.95. The number of halogens is 2. The Morgan fingerprint density at radius 2 is 2.42 bits per heavy atom. The summed E-state index contributed by atoms with van der Waals surface area (Å²) in [6.07, 6.45) is 3.34. The van der Waals surface area contributed by atoms with Crippen molar-refractivity contribution in [3.05, 3.63) is 26.4 Å². The second-order valence-corrected chi connectivity index (χ2v) is 5.33. The lowest BCUT2D eigenvalue weighted by Crippen LogP contribution is -1.79. The zero-order valence-electron chi connectivity index (χ0n) is 6.81. The van der Waals surface area contributed by atoms with Crippen LogP contribution in [0.25, 0.3) is 6.08 Å². The van der Waals surface area contributed by atoms with E-state index in [9.17, 15) is 0 Å². The van der Waals surface area contributed by atoms with Gasteiger partial charge in [-0.05, 0) is 39.4 Å². The molecule has 0 unspecified atom stereocenters. The molecule has 0 N–H and O–H groups in total. The summed E-state index contributed by atoms with van der Waals surface area (Å²) in [4.78, 5) is 0. The molecular formula is C9H10Br2S. The minimum absolute atomic E-state index is 0.969. The van der Waals surface area contributed by atoms with Crippen molar-refractivity contribution in [1.82, 2.24) is 0 Å². The van der Waals surface area contributed by atoms with Gasteiger partial charge in [0.25, 0.3) is 0 Å². The van der Waals surface area contributed by atoms with E-state index < -0.39 is 0 Å². The summed E-state index contributed by atoms with van der Waals surface area (Å²) in [6, 6.07) is 2.14. The molecule has 0 aliphatic heterocycles. The fourth-order valence-corrected chi connectivity index (χ4v) is 2.56. The van der Waals surface area contributed by atoms with Gasteiger partial charge in [0.2, 0.25) is 0 Å². The van der Waals surface area contributed by atoms with E-state index in [1.165, 1.54) is 14.9 Å². The summed E-state index contributed by atoms with van der Waals surface area (Å²) in [5.74, 6) is 0. The van der Waals surface area contributed by atoms with Crippen LogP contribution in [-0.2, 0) is 0 Å². The molecule has 3 heteroatoms. The summed E-state index contributed by atoms with van der Waals surface area (Å²) >= 11 is 8.63. The Bertz CT molecular complexity index is 270. The topological polar surface area (TPSA) is 0 Å². The van der Waals surface area contributed by atoms with Crippen LogP contribution in [-0.4, -0.2) is 5.33 Å². The van der Waals surface area contributed by atoms with Gasteiger partial charge in [-0.25, -0.2) is 0 Å². The fraction of sp³-hybridized carbons (Fsp3) is 0.333. The highest BCUT2D eigenvalue weighted by atomic mass is 79.9. The first-order valence-electron chi connectivity index (χ1n) is 3.75. The van der Waals surface area contributed by atoms with E-state index in [4.69, 9.17) is 0 Å². The Labute approximate surface area is 93.9 Å². The van der Waals surface area contributed by atoms with Gasteiger partial charge in [0.15, 0.2) is 0 Å². The number of hydrogen-bond donors (Lipinski definition) is 0. The average Bonchev–Trinajstić information content (AvgIpc) is 2.47. The van der Waals surface area contributed by atoms with Crippen LogP contribution in [0.3, 0.4) is 0 Å². The van der Waals surface area contributed by atoms with Gasteiger partial charge in [-0.2, -0.15) is 0 Å². The van der Waals surface area contributed by atoms with Crippen molar-refractivity contribution in [2.24, 2.45) is 0 Å². The molecule has 1 aromatic heterocycles. The summed E-state index contributed by atoms with van der Waals surface area (Å²) in [7, 11) is 0. The zero-order chi connectivity index (χ0) is 8.97. The summed E-state index contributed by atoms with van der Waals surface area (Å²) in [5, 5.41) is 3.12. The van der Waals surface area contributed by atoms with E-state index in [1.54, 1.807) is 11.3 Å². The molecule has 0 saturated heterocycles. The zero-order valence-corrected chi connectivity index (χ0v) is 10.8. The molecule has 0 aliphatic rings. The van der Waals surface area contributed by atoms with Gasteiger partial charge in [0, 0.05) is 5.33 Å². The molecule has 1 heterocycles. The Kier molecular flexibility index (Phi) is 4.54. The van der Waals surface area contributed by atoms with Crippen molar-refractivity contribution < 1.29 is 0 Å². The van der Waals surface area contributed by atoms with E-state index in [2.05, 4.69) is 56.3 Å². The van der Waals surface area contributed by atoms with Gasteiger partial charge < -0.3 is 0 Å². The smallest absolute Gasteiger partial charge is 0.0704 e. The molecule has 1 aromatic rings. The van der Waals surface area contributed by atoms with Crippen molar-refractivity contribution in [2.45, 2.75) is 13.3 Å². The first-order valence-corrected chi connectivity index (χ1v) is 6.55. The first kappa shape index (κ1) is 10.5. The molecule has 12 heavy (non-hydrogen) atoms. The predicted octanol–water partition coefficient (Wildman–Crippen LogP) is 4.70. The summed E-state index contributed by atoms with van der Waals surface area (Å²) < 4.78 is 1.19. The van der Waals surface area contributed by atoms with Crippen molar-refractivity contribution in [3.8, 4) is 0 Å². The van der Waals surface area contributed by atoms with Gasteiger partial charge in [-0.3, -0.25) is 0 Å². The normalized spacial score (nSPS) is 12.1. The third-order valence-electron chi connectivity index (χ3n) is 1.58. The molecule has 0 aromatic carbocycles. The van der Waals surface area contributed by atoms with Gasteiger partial charge >= 0.3 is 0 Å². The monoisotopic (exact) mass is 308 g/mol. The summed E-state index contributed by atoms with van der Waals surface area (Å²) in [5.41, 5.74) is 2.73. The van der Waals surface area contributed by atoms with Crippen LogP contribution in [0.1, 0.15) is 18.9 Å². The number of thiophene rings is 1. The lowest BCUT2D eigenvalue weighted by molar-refractivity contribution is 1.12. The Balaban J connectivity index is 2.78. The minimum Gasteiger partial charge on any atom is -0.136 e. The Hall–Kier alpha value is 0.400. The SMILES string of the molecule is CC/C(=C/c1csc(Br)c1)CBr. The van der Waals surface area contributed by atoms with E-state index in [0.717, 1.165) is 11.8 Å². The van der Waals surface area contributed by atoms with Gasteiger partial charge in [-0.1, -0.05) is 34.5 Å². The van der Waals surface area contributed by atoms with Crippen LogP contribution in [0, 0.1) is 0 Å². The largest absolute Gasteiger partial charge is 0.136 e. The van der Waals surface area contributed by atoms with Crippen molar-refractivity contribution in [3.63, 3.8) is 0 Å². The number of hydrogen-bond acceptors (Lipinski definition) is 1. The van der Waals surface area contributed by atoms with E-state index >= 15 is 0 Å². The third-order valence-corrected chi connectivity index (χ3v) is 3.83. The van der Waals surface area contributed by atoms with Crippen molar-refractivity contribution in [2.75, 3.05) is 5.33 Å². The molecular weight excluding hydrogens is 300 g/mol. The molecule has 0 radical (unpaired) electrons. The first-order chi connectivity index (χ1) is 5.76. The molecule has 0 fully saturated rings. The van der Waals surface area contributed by atoms with Crippen LogP contribution in [0.2, 0.25) is 0 Å². The molecule has 66 valence electrons. The predicted molar refractivity (Wildman–Crippen MR) is 64.1 cm³/mol. The Morgan fingerprint density at radius 3 is 2.83 bits per heavy atom. The van der Waals surface area contributed by atoms with E-state index in [0.29, 0.717) is 0 Å². The molecule has 0 nitrogen and oxygen atoms in total. The van der Waals surface area contributed by atoms with Crippen LogP contribution >= 0.6 is 43.2 Å². The molecule has 1 rings (SSSR count). The minimum atomic E-state index is 0.969. The quantitative estimate of drug-likeness (QED) is 0.710. The number of alkyl halides is 1. The van der Waals surface area contributed by atoms with Gasteiger partial charge in [0.05, 0.1) is 3.79 Å². The van der Waals surface area contributed by atoms with Gasteiger partial charge in [-0.15, -0.1) is 11.3 Å². The van der Waals surface area contributed by atoms with E-state index in [-0.39, 0.29) is 0 Å². The third kappa shape index (κ3) is 3.04. The molecule has 0 spiro atoms.